The molecule has 0 bridgehead atoms. The van der Waals surface area contributed by atoms with E-state index in [1.54, 1.807) is 6.07 Å². The van der Waals surface area contributed by atoms with Crippen LogP contribution in [0.15, 0.2) is 52.3 Å². The smallest absolute Gasteiger partial charge is 0.177 e. The van der Waals surface area contributed by atoms with E-state index < -0.39 is 19.7 Å². The minimum atomic E-state index is -3.62. The maximum atomic E-state index is 12.2. The molecule has 1 atom stereocenters. The topological polar surface area (TPSA) is 83.6 Å². The van der Waals surface area contributed by atoms with E-state index in [0.29, 0.717) is 17.3 Å². The second kappa shape index (κ2) is 8.18. The predicted octanol–water partition coefficient (Wildman–Crippen LogP) is 2.86. The number of sulfone groups is 2. The Morgan fingerprint density at radius 2 is 1.63 bits per heavy atom. The van der Waals surface area contributed by atoms with Gasteiger partial charge in [-0.05, 0) is 43.9 Å². The van der Waals surface area contributed by atoms with Crippen molar-refractivity contribution in [1.82, 2.24) is 4.90 Å². The minimum Gasteiger partial charge on any atom is -0.382 e. The first-order valence-corrected chi connectivity index (χ1v) is 12.3. The Balaban J connectivity index is 2.40. The SMILES string of the molecule is CN(C)[C@H](CNc1ccc(S(C)(=O)=O)cc1S(C)(=O)=O)c1ccccc1Cl. The Hall–Kier alpha value is -1.61. The Bertz CT molecular complexity index is 1040. The lowest BCUT2D eigenvalue weighted by Crippen LogP contribution is -2.27. The molecule has 2 aromatic carbocycles. The third-order valence-electron chi connectivity index (χ3n) is 4.15. The fourth-order valence-electron chi connectivity index (χ4n) is 2.71. The number of nitrogens with one attached hydrogen (secondary N) is 1. The van der Waals surface area contributed by atoms with Gasteiger partial charge in [0.05, 0.1) is 21.5 Å². The molecule has 0 unspecified atom stereocenters. The van der Waals surface area contributed by atoms with Gasteiger partial charge in [-0.2, -0.15) is 0 Å². The molecule has 148 valence electrons. The van der Waals surface area contributed by atoms with Crippen LogP contribution in [0, 0.1) is 0 Å². The number of nitrogens with zero attached hydrogens (tertiary/aromatic N) is 1. The van der Waals surface area contributed by atoms with Crippen molar-refractivity contribution in [2.45, 2.75) is 15.8 Å². The third kappa shape index (κ3) is 5.44. The van der Waals surface area contributed by atoms with Gasteiger partial charge in [-0.25, -0.2) is 16.8 Å². The average molecular weight is 431 g/mol. The molecule has 2 aromatic rings. The number of benzene rings is 2. The summed E-state index contributed by atoms with van der Waals surface area (Å²) < 4.78 is 47.9. The van der Waals surface area contributed by atoms with Gasteiger partial charge in [0.2, 0.25) is 0 Å². The van der Waals surface area contributed by atoms with Crippen molar-refractivity contribution in [3.8, 4) is 0 Å². The van der Waals surface area contributed by atoms with E-state index in [1.807, 2.05) is 37.2 Å². The molecule has 0 saturated heterocycles. The van der Waals surface area contributed by atoms with Gasteiger partial charge >= 0.3 is 0 Å². The molecular weight excluding hydrogens is 408 g/mol. The van der Waals surface area contributed by atoms with Gasteiger partial charge < -0.3 is 10.2 Å². The lowest BCUT2D eigenvalue weighted by molar-refractivity contribution is 0.312. The Labute approximate surface area is 166 Å². The van der Waals surface area contributed by atoms with Crippen LogP contribution in [0.4, 0.5) is 5.69 Å². The molecule has 9 heteroatoms. The molecule has 0 radical (unpaired) electrons. The zero-order valence-corrected chi connectivity index (χ0v) is 18.0. The molecule has 0 aromatic heterocycles. The standard InChI is InChI=1S/C18H23ClN2O4S2/c1-21(2)17(14-7-5-6-8-15(14)19)12-20-16-10-9-13(26(3,22)23)11-18(16)27(4,24)25/h5-11,17,20H,12H2,1-4H3/t17-/m1/s1. The summed E-state index contributed by atoms with van der Waals surface area (Å²) in [6.45, 7) is 0.386. The van der Waals surface area contributed by atoms with Gasteiger partial charge in [-0.1, -0.05) is 29.8 Å². The lowest BCUT2D eigenvalue weighted by atomic mass is 10.1. The number of anilines is 1. The average Bonchev–Trinajstić information content (AvgIpc) is 2.54. The number of hydrogen-bond acceptors (Lipinski definition) is 6. The van der Waals surface area contributed by atoms with Gasteiger partial charge in [-0.15, -0.1) is 0 Å². The van der Waals surface area contributed by atoms with Gasteiger partial charge in [-0.3, -0.25) is 0 Å². The van der Waals surface area contributed by atoms with E-state index in [9.17, 15) is 16.8 Å². The maximum absolute atomic E-state index is 12.2. The molecule has 0 spiro atoms. The maximum Gasteiger partial charge on any atom is 0.177 e. The Morgan fingerprint density at radius 1 is 1.00 bits per heavy atom. The van der Waals surface area contributed by atoms with Crippen molar-refractivity contribution >= 4 is 37.0 Å². The highest BCUT2D eigenvalue weighted by atomic mass is 35.5. The molecule has 2 rings (SSSR count). The Morgan fingerprint density at radius 3 is 2.15 bits per heavy atom. The first-order chi connectivity index (χ1) is 12.4. The first kappa shape index (κ1) is 21.7. The number of likely N-dealkylation sites (N-methyl/N-ethyl adjacent to an activating group) is 1. The highest BCUT2D eigenvalue weighted by Gasteiger charge is 2.21. The summed E-state index contributed by atoms with van der Waals surface area (Å²) in [5.74, 6) is 0. The van der Waals surface area contributed by atoms with E-state index in [2.05, 4.69) is 5.32 Å². The second-order valence-corrected chi connectivity index (χ2v) is 11.0. The quantitative estimate of drug-likeness (QED) is 0.727. The number of rotatable bonds is 7. The van der Waals surface area contributed by atoms with E-state index >= 15 is 0 Å². The van der Waals surface area contributed by atoms with Crippen LogP contribution in [-0.2, 0) is 19.7 Å². The van der Waals surface area contributed by atoms with Gasteiger partial charge in [0.15, 0.2) is 19.7 Å². The Kier molecular flexibility index (Phi) is 6.57. The highest BCUT2D eigenvalue weighted by molar-refractivity contribution is 7.91. The van der Waals surface area contributed by atoms with Gasteiger partial charge in [0, 0.05) is 24.1 Å². The zero-order chi connectivity index (χ0) is 20.4. The van der Waals surface area contributed by atoms with Crippen molar-refractivity contribution in [3.63, 3.8) is 0 Å². The summed E-state index contributed by atoms with van der Waals surface area (Å²) in [6.07, 6.45) is 2.10. The largest absolute Gasteiger partial charge is 0.382 e. The molecule has 0 aliphatic heterocycles. The van der Waals surface area contributed by atoms with Crippen LogP contribution in [-0.4, -0.2) is 54.9 Å². The minimum absolute atomic E-state index is 0.0382. The molecule has 0 aliphatic rings. The fraction of sp³-hybridized carbons (Fsp3) is 0.333. The number of hydrogen-bond donors (Lipinski definition) is 1. The van der Waals surface area contributed by atoms with E-state index in [1.165, 1.54) is 18.2 Å². The van der Waals surface area contributed by atoms with Gasteiger partial charge in [0.1, 0.15) is 0 Å². The van der Waals surface area contributed by atoms with Crippen molar-refractivity contribution in [3.05, 3.63) is 53.1 Å². The molecule has 0 saturated carbocycles. The fourth-order valence-corrected chi connectivity index (χ4v) is 4.57. The van der Waals surface area contributed by atoms with Crippen LogP contribution in [0.1, 0.15) is 11.6 Å². The zero-order valence-electron chi connectivity index (χ0n) is 15.6. The van der Waals surface area contributed by atoms with Crippen LogP contribution >= 0.6 is 11.6 Å². The normalized spacial score (nSPS) is 13.6. The summed E-state index contributed by atoms with van der Waals surface area (Å²) >= 11 is 6.30. The molecule has 0 aliphatic carbocycles. The predicted molar refractivity (Wildman–Crippen MR) is 109 cm³/mol. The third-order valence-corrected chi connectivity index (χ3v) is 6.75. The molecule has 27 heavy (non-hydrogen) atoms. The summed E-state index contributed by atoms with van der Waals surface area (Å²) in [4.78, 5) is 1.88. The summed E-state index contributed by atoms with van der Waals surface area (Å²) in [7, 11) is -3.33. The second-order valence-electron chi connectivity index (χ2n) is 6.58. The van der Waals surface area contributed by atoms with Crippen molar-refractivity contribution in [2.75, 3.05) is 38.5 Å². The molecule has 0 fully saturated rings. The van der Waals surface area contributed by atoms with Crippen molar-refractivity contribution < 1.29 is 16.8 Å². The van der Waals surface area contributed by atoms with Crippen molar-refractivity contribution in [2.24, 2.45) is 0 Å². The molecule has 0 heterocycles. The molecular formula is C18H23ClN2O4S2. The van der Waals surface area contributed by atoms with Crippen LogP contribution in [0.5, 0.6) is 0 Å². The summed E-state index contributed by atoms with van der Waals surface area (Å²) in [5.41, 5.74) is 1.26. The monoisotopic (exact) mass is 430 g/mol. The van der Waals surface area contributed by atoms with E-state index in [4.69, 9.17) is 11.6 Å². The summed E-state index contributed by atoms with van der Waals surface area (Å²) in [5, 5.41) is 3.75. The number of halogens is 1. The molecule has 0 amide bonds. The van der Waals surface area contributed by atoms with Crippen LogP contribution in [0.25, 0.3) is 0 Å². The van der Waals surface area contributed by atoms with Crippen LogP contribution in [0.3, 0.4) is 0 Å². The molecule has 6 nitrogen and oxygen atoms in total. The van der Waals surface area contributed by atoms with Gasteiger partial charge in [0.25, 0.3) is 0 Å². The van der Waals surface area contributed by atoms with E-state index in [0.717, 1.165) is 18.1 Å². The first-order valence-electron chi connectivity index (χ1n) is 8.10. The summed E-state index contributed by atoms with van der Waals surface area (Å²) in [6, 6.07) is 11.4. The highest BCUT2D eigenvalue weighted by Crippen LogP contribution is 2.29. The van der Waals surface area contributed by atoms with E-state index in [-0.39, 0.29) is 15.8 Å². The lowest BCUT2D eigenvalue weighted by Gasteiger charge is -2.27. The molecule has 1 N–H and O–H groups in total. The van der Waals surface area contributed by atoms with Crippen LogP contribution in [0.2, 0.25) is 5.02 Å². The van der Waals surface area contributed by atoms with Crippen molar-refractivity contribution in [1.29, 1.82) is 0 Å². The van der Waals surface area contributed by atoms with Crippen LogP contribution < -0.4 is 5.32 Å².